The second kappa shape index (κ2) is 8.82. The Labute approximate surface area is 186 Å². The van der Waals surface area contributed by atoms with Crippen LogP contribution in [0.5, 0.6) is 0 Å². The monoisotopic (exact) mass is 432 g/mol. The van der Waals surface area contributed by atoms with Crippen molar-refractivity contribution in [2.75, 3.05) is 0 Å². The van der Waals surface area contributed by atoms with Gasteiger partial charge in [-0.1, -0.05) is 95.0 Å². The summed E-state index contributed by atoms with van der Waals surface area (Å²) < 4.78 is 6.02. The molecule has 0 aliphatic carbocycles. The Bertz CT molecular complexity index is 1070. The highest BCUT2D eigenvalue weighted by Gasteiger charge is 2.55. The molecule has 0 saturated carbocycles. The van der Waals surface area contributed by atoms with E-state index in [1.807, 2.05) is 92.7 Å². The predicted octanol–water partition coefficient (Wildman–Crippen LogP) is 4.50. The number of aryl methyl sites for hydroxylation is 2. The van der Waals surface area contributed by atoms with Crippen LogP contribution in [0.1, 0.15) is 40.1 Å². The van der Waals surface area contributed by atoms with Gasteiger partial charge in [-0.15, -0.1) is 0 Å². The lowest BCUT2D eigenvalue weighted by molar-refractivity contribution is -0.492. The van der Waals surface area contributed by atoms with Crippen LogP contribution in [0.25, 0.3) is 0 Å². The first-order valence-electron chi connectivity index (χ1n) is 10.5. The van der Waals surface area contributed by atoms with E-state index in [1.165, 1.54) is 5.01 Å². The van der Waals surface area contributed by atoms with Crippen molar-refractivity contribution in [3.8, 4) is 0 Å². The van der Waals surface area contributed by atoms with Crippen molar-refractivity contribution < 1.29 is 24.2 Å². The van der Waals surface area contributed by atoms with Crippen molar-refractivity contribution in [3.05, 3.63) is 107 Å². The van der Waals surface area contributed by atoms with E-state index in [0.717, 1.165) is 33.2 Å². The molecule has 7 nitrogen and oxygen atoms in total. The summed E-state index contributed by atoms with van der Waals surface area (Å²) in [5.74, 6) is -0.264. The van der Waals surface area contributed by atoms with Crippen LogP contribution in [-0.2, 0) is 30.9 Å². The first-order chi connectivity index (χ1) is 15.6. The molecule has 2 heterocycles. The number of hydrogen-bond donors (Lipinski definition) is 0. The lowest BCUT2D eigenvalue weighted by Gasteiger charge is -2.47. The average Bonchev–Trinajstić information content (AvgIpc) is 3.28. The molecule has 3 atom stereocenters. The molecule has 32 heavy (non-hydrogen) atoms. The number of rotatable bonds is 6. The van der Waals surface area contributed by atoms with E-state index in [2.05, 4.69) is 0 Å². The maximum Gasteiger partial charge on any atom is 0.273 e. The molecule has 2 aliphatic rings. The number of benzene rings is 3. The Morgan fingerprint density at radius 2 is 1.47 bits per heavy atom. The lowest BCUT2D eigenvalue weighted by atomic mass is 9.92. The third-order valence-corrected chi connectivity index (χ3v) is 5.62. The van der Waals surface area contributed by atoms with Crippen molar-refractivity contribution in [2.45, 2.75) is 38.9 Å². The topological polar surface area (TPSA) is 60.5 Å². The van der Waals surface area contributed by atoms with E-state index in [4.69, 9.17) is 19.5 Å². The van der Waals surface area contributed by atoms with Gasteiger partial charge in [0.25, 0.3) is 5.91 Å². The van der Waals surface area contributed by atoms with Gasteiger partial charge >= 0.3 is 0 Å². The molecule has 0 spiro atoms. The number of nitrogens with zero attached hydrogens (tertiary/aromatic N) is 2. The summed E-state index contributed by atoms with van der Waals surface area (Å²) in [6.07, 6.45) is -1.44. The van der Waals surface area contributed by atoms with Gasteiger partial charge in [0, 0.05) is 5.56 Å². The molecule has 3 aromatic carbocycles. The number of hydrazine groups is 1. The van der Waals surface area contributed by atoms with Crippen molar-refractivity contribution >= 4 is 5.91 Å². The number of carbonyl (C=O) groups is 1. The highest BCUT2D eigenvalue weighted by molar-refractivity contribution is 5.88. The molecular formula is C25H24N2O5. The minimum atomic E-state index is -0.772. The Hall–Kier alpha value is -3.07. The van der Waals surface area contributed by atoms with Crippen molar-refractivity contribution in [1.82, 2.24) is 10.3 Å². The van der Waals surface area contributed by atoms with Gasteiger partial charge in [-0.2, -0.15) is 4.89 Å². The molecule has 1 amide bonds. The summed E-state index contributed by atoms with van der Waals surface area (Å²) in [6, 6.07) is 25.0. The number of ether oxygens (including phenoxy) is 1. The van der Waals surface area contributed by atoms with Gasteiger partial charge in [0.2, 0.25) is 6.29 Å². The molecule has 2 saturated heterocycles. The number of carbonyl (C=O) groups excluding carboxylic acids is 1. The summed E-state index contributed by atoms with van der Waals surface area (Å²) in [6.45, 7) is 4.35. The molecule has 0 radical (unpaired) electrons. The van der Waals surface area contributed by atoms with Gasteiger partial charge in [0.05, 0.1) is 11.9 Å². The van der Waals surface area contributed by atoms with Crippen LogP contribution in [-0.4, -0.2) is 22.4 Å². The Balaban J connectivity index is 1.34. The lowest BCUT2D eigenvalue weighted by Crippen LogP contribution is -2.64. The Morgan fingerprint density at radius 3 is 2.12 bits per heavy atom. The van der Waals surface area contributed by atoms with E-state index >= 15 is 0 Å². The molecule has 0 N–H and O–H groups in total. The van der Waals surface area contributed by atoms with Crippen LogP contribution in [0.15, 0.2) is 78.9 Å². The average molecular weight is 432 g/mol. The van der Waals surface area contributed by atoms with Gasteiger partial charge in [-0.3, -0.25) is 4.79 Å². The van der Waals surface area contributed by atoms with Crippen LogP contribution in [0.2, 0.25) is 0 Å². The molecule has 3 aromatic rings. The fourth-order valence-electron chi connectivity index (χ4n) is 3.75. The van der Waals surface area contributed by atoms with Crippen molar-refractivity contribution in [2.24, 2.45) is 0 Å². The van der Waals surface area contributed by atoms with Gasteiger partial charge in [-0.25, -0.2) is 9.85 Å². The van der Waals surface area contributed by atoms with E-state index in [1.54, 1.807) is 0 Å². The molecule has 2 aliphatic heterocycles. The van der Waals surface area contributed by atoms with Gasteiger partial charge in [0.15, 0.2) is 6.10 Å². The predicted molar refractivity (Wildman–Crippen MR) is 115 cm³/mol. The Morgan fingerprint density at radius 1 is 0.844 bits per heavy atom. The third kappa shape index (κ3) is 4.04. The fourth-order valence-corrected chi connectivity index (χ4v) is 3.75. The zero-order valence-corrected chi connectivity index (χ0v) is 17.9. The molecule has 7 heteroatoms. The van der Waals surface area contributed by atoms with E-state index in [0.29, 0.717) is 6.61 Å². The first-order valence-corrected chi connectivity index (χ1v) is 10.5. The minimum Gasteiger partial charge on any atom is -0.361 e. The van der Waals surface area contributed by atoms with Gasteiger partial charge in [-0.05, 0) is 25.0 Å². The highest BCUT2D eigenvalue weighted by Crippen LogP contribution is 2.42. The van der Waals surface area contributed by atoms with Crippen LogP contribution < -0.4 is 0 Å². The van der Waals surface area contributed by atoms with Crippen molar-refractivity contribution in [3.63, 3.8) is 0 Å². The fraction of sp³-hybridized carbons (Fsp3) is 0.240. The van der Waals surface area contributed by atoms with Crippen LogP contribution in [0.4, 0.5) is 0 Å². The molecule has 1 unspecified atom stereocenters. The molecular weight excluding hydrogens is 408 g/mol. The Kier molecular flexibility index (Phi) is 5.73. The van der Waals surface area contributed by atoms with Crippen LogP contribution in [0.3, 0.4) is 0 Å². The third-order valence-electron chi connectivity index (χ3n) is 5.62. The summed E-state index contributed by atoms with van der Waals surface area (Å²) in [4.78, 5) is 29.4. The molecule has 164 valence electrons. The van der Waals surface area contributed by atoms with Gasteiger partial charge in [0.1, 0.15) is 6.04 Å². The van der Waals surface area contributed by atoms with Crippen LogP contribution in [0, 0.1) is 13.8 Å². The van der Waals surface area contributed by atoms with E-state index in [-0.39, 0.29) is 5.91 Å². The second-order valence-electron chi connectivity index (χ2n) is 8.01. The summed E-state index contributed by atoms with van der Waals surface area (Å²) in [7, 11) is 0. The first kappa shape index (κ1) is 20.8. The van der Waals surface area contributed by atoms with Gasteiger partial charge < -0.3 is 4.74 Å². The largest absolute Gasteiger partial charge is 0.361 e. The molecule has 5 rings (SSSR count). The summed E-state index contributed by atoms with van der Waals surface area (Å²) >= 11 is 0. The van der Waals surface area contributed by atoms with Crippen LogP contribution >= 0.6 is 0 Å². The standard InChI is InChI=1S/C25H24N2O5/c1-17-8-12-20(13-9-17)22-23(29-16-19-6-4-3-5-7-19)24(28)26(22)27-30-25(31-32-27)21-14-10-18(2)11-15-21/h3-15,22-23,25H,16H2,1-2H3/t22-,23+,25?/m1/s1. The number of β-lactam (4-membered cyclic amide) rings is 1. The number of amides is 1. The highest BCUT2D eigenvalue weighted by atomic mass is 17.4. The SMILES string of the molecule is Cc1ccc(C2OON(N3C(=O)[C@@H](OCc4ccccc4)[C@H]3c3ccc(C)cc3)O2)cc1. The minimum absolute atomic E-state index is 0.264. The maximum atomic E-state index is 13.1. The quantitative estimate of drug-likeness (QED) is 0.422. The normalized spacial score (nSPS) is 23.4. The van der Waals surface area contributed by atoms with Crippen molar-refractivity contribution in [1.29, 1.82) is 0 Å². The second-order valence-corrected chi connectivity index (χ2v) is 8.01. The molecule has 0 bridgehead atoms. The molecule has 0 aromatic heterocycles. The maximum absolute atomic E-state index is 13.1. The van der Waals surface area contributed by atoms with E-state index < -0.39 is 18.4 Å². The smallest absolute Gasteiger partial charge is 0.273 e. The number of hydrogen-bond acceptors (Lipinski definition) is 6. The zero-order chi connectivity index (χ0) is 22.1. The van der Waals surface area contributed by atoms with E-state index in [9.17, 15) is 4.79 Å². The zero-order valence-electron chi connectivity index (χ0n) is 17.9. The molecule has 2 fully saturated rings. The summed E-state index contributed by atoms with van der Waals surface area (Å²) in [5, 5.41) is 2.40. The summed E-state index contributed by atoms with van der Waals surface area (Å²) in [5.41, 5.74) is 4.95.